The van der Waals surface area contributed by atoms with Gasteiger partial charge < -0.3 is 10.0 Å². The molecule has 3 rings (SSSR count). The molecule has 0 saturated carbocycles. The zero-order valence-electron chi connectivity index (χ0n) is 14.6. The second-order valence-corrected chi connectivity index (χ2v) is 8.17. The molecule has 1 amide bonds. The van der Waals surface area contributed by atoms with Gasteiger partial charge in [0, 0.05) is 26.2 Å². The van der Waals surface area contributed by atoms with E-state index in [0.717, 1.165) is 0 Å². The molecule has 1 heterocycles. The third-order valence-electron chi connectivity index (χ3n) is 4.56. The smallest absolute Gasteiger partial charge is 0.335 e. The molecule has 1 aliphatic heterocycles. The van der Waals surface area contributed by atoms with E-state index < -0.39 is 16.0 Å². The van der Waals surface area contributed by atoms with E-state index in [0.29, 0.717) is 5.56 Å². The minimum Gasteiger partial charge on any atom is -0.478 e. The molecule has 27 heavy (non-hydrogen) atoms. The molecule has 0 unspecified atom stereocenters. The van der Waals surface area contributed by atoms with E-state index in [1.54, 1.807) is 53.4 Å². The highest BCUT2D eigenvalue weighted by Crippen LogP contribution is 2.18. The average Bonchev–Trinajstić information content (AvgIpc) is 2.69. The van der Waals surface area contributed by atoms with Gasteiger partial charge in [0.25, 0.3) is 0 Å². The lowest BCUT2D eigenvalue weighted by Gasteiger charge is -2.34. The van der Waals surface area contributed by atoms with E-state index >= 15 is 0 Å². The lowest BCUT2D eigenvalue weighted by atomic mass is 10.0. The fourth-order valence-corrected chi connectivity index (χ4v) is 4.52. The first-order chi connectivity index (χ1) is 12.9. The van der Waals surface area contributed by atoms with Crippen LogP contribution in [0.2, 0.25) is 0 Å². The molecule has 2 aromatic rings. The van der Waals surface area contributed by atoms with Gasteiger partial charge in [0.15, 0.2) is 0 Å². The monoisotopic (exact) mass is 388 g/mol. The summed E-state index contributed by atoms with van der Waals surface area (Å²) in [5, 5.41) is 9.22. The maximum Gasteiger partial charge on any atom is 0.335 e. The second-order valence-electron chi connectivity index (χ2n) is 6.24. The highest BCUT2D eigenvalue weighted by Gasteiger charge is 2.30. The van der Waals surface area contributed by atoms with E-state index in [1.165, 1.54) is 10.4 Å². The van der Waals surface area contributed by atoms with Crippen LogP contribution in [-0.2, 0) is 21.2 Å². The largest absolute Gasteiger partial charge is 0.478 e. The highest BCUT2D eigenvalue weighted by atomic mass is 32.2. The summed E-state index contributed by atoms with van der Waals surface area (Å²) in [7, 11) is -3.57. The number of carbonyl (C=O) groups excluding carboxylic acids is 1. The van der Waals surface area contributed by atoms with Crippen molar-refractivity contribution in [3.63, 3.8) is 0 Å². The topological polar surface area (TPSA) is 95.0 Å². The number of piperazine rings is 1. The number of hydrogen-bond acceptors (Lipinski definition) is 4. The lowest BCUT2D eigenvalue weighted by molar-refractivity contribution is -0.131. The molecule has 1 fully saturated rings. The number of benzene rings is 2. The number of carboxylic acid groups (broad SMARTS) is 1. The summed E-state index contributed by atoms with van der Waals surface area (Å²) in [5.41, 5.74) is 0.561. The molecular formula is C19H20N2O5S. The number of carbonyl (C=O) groups is 2. The third-order valence-corrected chi connectivity index (χ3v) is 6.47. The van der Waals surface area contributed by atoms with Crippen LogP contribution in [0.25, 0.3) is 0 Å². The number of carboxylic acids is 1. The Labute approximate surface area is 157 Å². The molecule has 1 saturated heterocycles. The number of hydrogen-bond donors (Lipinski definition) is 1. The molecule has 1 aliphatic rings. The van der Waals surface area contributed by atoms with Crippen molar-refractivity contribution in [2.45, 2.75) is 11.3 Å². The van der Waals surface area contributed by atoms with Gasteiger partial charge >= 0.3 is 5.97 Å². The molecule has 1 N–H and O–H groups in total. The lowest BCUT2D eigenvalue weighted by Crippen LogP contribution is -2.50. The van der Waals surface area contributed by atoms with Crippen LogP contribution < -0.4 is 0 Å². The van der Waals surface area contributed by atoms with E-state index in [1.807, 2.05) is 0 Å². The predicted molar refractivity (Wildman–Crippen MR) is 98.9 cm³/mol. The summed E-state index contributed by atoms with van der Waals surface area (Å²) in [6, 6.07) is 14.6. The van der Waals surface area contributed by atoms with Crippen molar-refractivity contribution >= 4 is 21.9 Å². The van der Waals surface area contributed by atoms with Crippen molar-refractivity contribution in [1.29, 1.82) is 0 Å². The van der Waals surface area contributed by atoms with E-state index in [9.17, 15) is 23.1 Å². The maximum absolute atomic E-state index is 12.6. The molecule has 0 aliphatic carbocycles. The molecule has 142 valence electrons. The molecule has 0 bridgehead atoms. The zero-order valence-corrected chi connectivity index (χ0v) is 15.4. The molecule has 8 heteroatoms. The highest BCUT2D eigenvalue weighted by molar-refractivity contribution is 7.89. The van der Waals surface area contributed by atoms with Gasteiger partial charge in [-0.25, -0.2) is 13.2 Å². The average molecular weight is 388 g/mol. The fraction of sp³-hybridized carbons (Fsp3) is 0.263. The van der Waals surface area contributed by atoms with E-state index in [-0.39, 0.29) is 49.0 Å². The quantitative estimate of drug-likeness (QED) is 0.837. The van der Waals surface area contributed by atoms with Crippen LogP contribution in [-0.4, -0.2) is 60.8 Å². The first-order valence-corrected chi connectivity index (χ1v) is 9.98. The molecule has 2 aromatic carbocycles. The van der Waals surface area contributed by atoms with Crippen molar-refractivity contribution < 1.29 is 23.1 Å². The van der Waals surface area contributed by atoms with Crippen LogP contribution in [0, 0.1) is 0 Å². The minimum absolute atomic E-state index is 0.0199. The van der Waals surface area contributed by atoms with Crippen molar-refractivity contribution in [2.75, 3.05) is 26.2 Å². The summed E-state index contributed by atoms with van der Waals surface area (Å²) >= 11 is 0. The first-order valence-electron chi connectivity index (χ1n) is 8.54. The van der Waals surface area contributed by atoms with Crippen molar-refractivity contribution in [1.82, 2.24) is 9.21 Å². The van der Waals surface area contributed by atoms with Gasteiger partial charge in [-0.1, -0.05) is 36.4 Å². The number of amides is 1. The standard InChI is InChI=1S/C19H20N2O5S/c22-18(14-15-6-4-5-9-17(15)19(23)24)20-10-12-21(13-11-20)27(25,26)16-7-2-1-3-8-16/h1-9H,10-14H2,(H,23,24). The van der Waals surface area contributed by atoms with Gasteiger partial charge in [0.1, 0.15) is 0 Å². The van der Waals surface area contributed by atoms with Crippen molar-refractivity contribution in [2.24, 2.45) is 0 Å². The summed E-state index contributed by atoms with van der Waals surface area (Å²) < 4.78 is 26.6. The number of aromatic carboxylic acids is 1. The van der Waals surface area contributed by atoms with Gasteiger partial charge in [-0.3, -0.25) is 4.79 Å². The minimum atomic E-state index is -3.57. The summed E-state index contributed by atoms with van der Waals surface area (Å²) in [4.78, 5) is 25.6. The van der Waals surface area contributed by atoms with Crippen LogP contribution in [0.4, 0.5) is 0 Å². The Morgan fingerprint density at radius 2 is 1.48 bits per heavy atom. The van der Waals surface area contributed by atoms with Crippen LogP contribution >= 0.6 is 0 Å². The number of sulfonamides is 1. The number of rotatable bonds is 5. The van der Waals surface area contributed by atoms with Gasteiger partial charge in [0.05, 0.1) is 16.9 Å². The maximum atomic E-state index is 12.6. The molecular weight excluding hydrogens is 368 g/mol. The Bertz CT molecular complexity index is 936. The van der Waals surface area contributed by atoms with Gasteiger partial charge in [0.2, 0.25) is 15.9 Å². The first kappa shape index (κ1) is 19.1. The second kappa shape index (κ2) is 7.89. The third kappa shape index (κ3) is 4.17. The Hall–Kier alpha value is -2.71. The molecule has 0 radical (unpaired) electrons. The van der Waals surface area contributed by atoms with Crippen LogP contribution in [0.1, 0.15) is 15.9 Å². The van der Waals surface area contributed by atoms with Crippen LogP contribution in [0.5, 0.6) is 0 Å². The normalized spacial score (nSPS) is 15.5. The van der Waals surface area contributed by atoms with Gasteiger partial charge in [-0.05, 0) is 23.8 Å². The number of nitrogens with zero attached hydrogens (tertiary/aromatic N) is 2. The Morgan fingerprint density at radius 1 is 0.889 bits per heavy atom. The van der Waals surface area contributed by atoms with Gasteiger partial charge in [-0.15, -0.1) is 0 Å². The predicted octanol–water partition coefficient (Wildman–Crippen LogP) is 1.46. The van der Waals surface area contributed by atoms with E-state index in [4.69, 9.17) is 0 Å². The van der Waals surface area contributed by atoms with Crippen molar-refractivity contribution in [3.8, 4) is 0 Å². The summed E-state index contributed by atoms with van der Waals surface area (Å²) in [6.07, 6.45) is -0.0199. The van der Waals surface area contributed by atoms with Crippen LogP contribution in [0.3, 0.4) is 0 Å². The molecule has 7 nitrogen and oxygen atoms in total. The molecule has 0 spiro atoms. The molecule has 0 aromatic heterocycles. The Balaban J connectivity index is 1.64. The fourth-order valence-electron chi connectivity index (χ4n) is 3.08. The van der Waals surface area contributed by atoms with Crippen LogP contribution in [0.15, 0.2) is 59.5 Å². The summed E-state index contributed by atoms with van der Waals surface area (Å²) in [6.45, 7) is 0.980. The van der Waals surface area contributed by atoms with Gasteiger partial charge in [-0.2, -0.15) is 4.31 Å². The molecule has 0 atom stereocenters. The Kier molecular flexibility index (Phi) is 5.57. The SMILES string of the molecule is O=C(O)c1ccccc1CC(=O)N1CCN(S(=O)(=O)c2ccccc2)CC1. The Morgan fingerprint density at radius 3 is 2.11 bits per heavy atom. The zero-order chi connectivity index (χ0) is 19.4. The van der Waals surface area contributed by atoms with E-state index in [2.05, 4.69) is 0 Å². The summed E-state index contributed by atoms with van der Waals surface area (Å²) in [5.74, 6) is -1.28. The van der Waals surface area contributed by atoms with Crippen molar-refractivity contribution in [3.05, 3.63) is 65.7 Å².